The molecule has 0 aliphatic carbocycles. The first-order chi connectivity index (χ1) is 15.2. The fourth-order valence-electron chi connectivity index (χ4n) is 3.31. The van der Waals surface area contributed by atoms with Gasteiger partial charge in [-0.15, -0.1) is 0 Å². The van der Waals surface area contributed by atoms with Gasteiger partial charge in [0.2, 0.25) is 0 Å². The van der Waals surface area contributed by atoms with Gasteiger partial charge in [-0.2, -0.15) is 0 Å². The first-order valence-corrected chi connectivity index (χ1v) is 9.34. The van der Waals surface area contributed by atoms with E-state index in [9.17, 15) is 34.6 Å². The van der Waals surface area contributed by atoms with Gasteiger partial charge in [0.05, 0.1) is 28.1 Å². The highest BCUT2D eigenvalue weighted by atomic mass is 16.6. The smallest absolute Gasteiger partial charge is 0.338 e. The Bertz CT molecular complexity index is 1130. The van der Waals surface area contributed by atoms with Crippen molar-refractivity contribution < 1.29 is 33.7 Å². The predicted molar refractivity (Wildman–Crippen MR) is 108 cm³/mol. The number of carbonyl (C=O) groups excluding carboxylic acids is 3. The summed E-state index contributed by atoms with van der Waals surface area (Å²) < 4.78 is 9.53. The van der Waals surface area contributed by atoms with Crippen molar-refractivity contribution in [2.24, 2.45) is 0 Å². The summed E-state index contributed by atoms with van der Waals surface area (Å²) in [6, 6.07) is 7.11. The molecule has 2 aromatic rings. The third-order valence-corrected chi connectivity index (χ3v) is 4.81. The molecule has 1 amide bonds. The molecule has 1 heterocycles. The Morgan fingerprint density at radius 3 is 2.25 bits per heavy atom. The van der Waals surface area contributed by atoms with Crippen LogP contribution in [0.25, 0.3) is 0 Å². The van der Waals surface area contributed by atoms with Gasteiger partial charge >= 0.3 is 11.9 Å². The molecule has 1 aliphatic rings. The second-order valence-corrected chi connectivity index (χ2v) is 6.81. The maximum Gasteiger partial charge on any atom is 0.338 e. The summed E-state index contributed by atoms with van der Waals surface area (Å²) in [5.74, 6) is -2.47. The molecule has 0 bridgehead atoms. The standard InChI is InChI=1S/C20H17N3O9/c1-31-19(25)13-7-14(10-16(9-13)23(29)30)20(26)32-11-18(24)21-6-2-3-12-8-15(22(27)28)4-5-17(12)21/h4-5,7-10H,2-3,6,11H2,1H3. The topological polar surface area (TPSA) is 159 Å². The Kier molecular flexibility index (Phi) is 6.42. The Hall–Kier alpha value is -4.35. The second-order valence-electron chi connectivity index (χ2n) is 6.81. The summed E-state index contributed by atoms with van der Waals surface area (Å²) in [6.45, 7) is -0.323. The van der Waals surface area contributed by atoms with E-state index in [-0.39, 0.29) is 16.8 Å². The van der Waals surface area contributed by atoms with Crippen molar-refractivity contribution in [3.8, 4) is 0 Å². The Balaban J connectivity index is 1.75. The van der Waals surface area contributed by atoms with Crippen molar-refractivity contribution >= 4 is 34.9 Å². The number of ether oxygens (including phenoxy) is 2. The zero-order valence-corrected chi connectivity index (χ0v) is 16.8. The second kappa shape index (κ2) is 9.20. The van der Waals surface area contributed by atoms with E-state index in [1.54, 1.807) is 0 Å². The molecule has 0 spiro atoms. The zero-order valence-electron chi connectivity index (χ0n) is 16.8. The highest BCUT2D eigenvalue weighted by Gasteiger charge is 2.26. The number of nitro groups is 2. The molecule has 0 atom stereocenters. The van der Waals surface area contributed by atoms with Crippen LogP contribution in [0, 0.1) is 20.2 Å². The van der Waals surface area contributed by atoms with E-state index in [4.69, 9.17) is 4.74 Å². The molecule has 0 N–H and O–H groups in total. The van der Waals surface area contributed by atoms with E-state index in [0.717, 1.165) is 25.3 Å². The highest BCUT2D eigenvalue weighted by Crippen LogP contribution is 2.30. The number of non-ortho nitro benzene ring substituents is 2. The van der Waals surface area contributed by atoms with Crippen LogP contribution in [0.1, 0.15) is 32.7 Å². The molecule has 0 unspecified atom stereocenters. The molecule has 12 nitrogen and oxygen atoms in total. The van der Waals surface area contributed by atoms with Crippen molar-refractivity contribution in [3.05, 3.63) is 73.3 Å². The predicted octanol–water partition coefficient (Wildman–Crippen LogP) is 2.43. The Labute approximate surface area is 180 Å². The molecule has 1 aliphatic heterocycles. The molecule has 32 heavy (non-hydrogen) atoms. The lowest BCUT2D eigenvalue weighted by molar-refractivity contribution is -0.385. The van der Waals surface area contributed by atoms with Crippen LogP contribution in [-0.2, 0) is 20.7 Å². The molecule has 12 heteroatoms. The molecule has 0 fully saturated rings. The maximum atomic E-state index is 12.6. The number of nitrogens with zero attached hydrogens (tertiary/aromatic N) is 3. The number of amides is 1. The molecule has 0 aromatic heterocycles. The van der Waals surface area contributed by atoms with E-state index in [1.165, 1.54) is 23.1 Å². The van der Waals surface area contributed by atoms with Crippen molar-refractivity contribution in [3.63, 3.8) is 0 Å². The number of anilines is 1. The van der Waals surface area contributed by atoms with Crippen LogP contribution in [0.2, 0.25) is 0 Å². The van der Waals surface area contributed by atoms with Gasteiger partial charge in [-0.1, -0.05) is 0 Å². The summed E-state index contributed by atoms with van der Waals surface area (Å²) >= 11 is 0. The van der Waals surface area contributed by atoms with E-state index < -0.39 is 40.0 Å². The fourth-order valence-corrected chi connectivity index (χ4v) is 3.31. The maximum absolute atomic E-state index is 12.6. The van der Waals surface area contributed by atoms with Crippen LogP contribution >= 0.6 is 0 Å². The number of esters is 2. The number of rotatable bonds is 6. The number of hydrogen-bond donors (Lipinski definition) is 0. The SMILES string of the molecule is COC(=O)c1cc(C(=O)OCC(=O)N2CCCc3cc([N+](=O)[O-])ccc32)cc([N+](=O)[O-])c1. The molecular formula is C20H17N3O9. The summed E-state index contributed by atoms with van der Waals surface area (Å²) in [6.07, 6.45) is 1.13. The van der Waals surface area contributed by atoms with Gasteiger partial charge in [-0.05, 0) is 30.5 Å². The van der Waals surface area contributed by atoms with E-state index >= 15 is 0 Å². The minimum Gasteiger partial charge on any atom is -0.465 e. The summed E-state index contributed by atoms with van der Waals surface area (Å²) in [7, 11) is 1.09. The van der Waals surface area contributed by atoms with Crippen LogP contribution in [0.15, 0.2) is 36.4 Å². The van der Waals surface area contributed by atoms with Gasteiger partial charge in [0.15, 0.2) is 6.61 Å². The minimum absolute atomic E-state index is 0.0865. The first kappa shape index (κ1) is 22.3. The van der Waals surface area contributed by atoms with Gasteiger partial charge in [0.1, 0.15) is 0 Å². The average molecular weight is 443 g/mol. The Morgan fingerprint density at radius 1 is 0.969 bits per heavy atom. The van der Waals surface area contributed by atoms with Crippen LogP contribution < -0.4 is 4.90 Å². The van der Waals surface area contributed by atoms with Crippen molar-refractivity contribution in [1.29, 1.82) is 0 Å². The van der Waals surface area contributed by atoms with E-state index in [0.29, 0.717) is 30.6 Å². The van der Waals surface area contributed by atoms with Gasteiger partial charge < -0.3 is 14.4 Å². The third kappa shape index (κ3) is 4.69. The average Bonchev–Trinajstić information content (AvgIpc) is 2.80. The number of fused-ring (bicyclic) bond motifs is 1. The fraction of sp³-hybridized carbons (Fsp3) is 0.250. The molecule has 0 radical (unpaired) electrons. The molecule has 0 saturated heterocycles. The third-order valence-electron chi connectivity index (χ3n) is 4.81. The summed E-state index contributed by atoms with van der Waals surface area (Å²) in [5, 5.41) is 22.1. The molecule has 2 aromatic carbocycles. The van der Waals surface area contributed by atoms with Crippen LogP contribution in [-0.4, -0.2) is 48.0 Å². The van der Waals surface area contributed by atoms with Crippen LogP contribution in [0.4, 0.5) is 17.1 Å². The first-order valence-electron chi connectivity index (χ1n) is 9.34. The minimum atomic E-state index is -1.03. The lowest BCUT2D eigenvalue weighted by Gasteiger charge is -2.29. The van der Waals surface area contributed by atoms with E-state index in [2.05, 4.69) is 4.74 Å². The highest BCUT2D eigenvalue weighted by molar-refractivity contribution is 5.99. The van der Waals surface area contributed by atoms with Gasteiger partial charge in [0, 0.05) is 36.5 Å². The molecular weight excluding hydrogens is 426 g/mol. The van der Waals surface area contributed by atoms with E-state index in [1.807, 2.05) is 0 Å². The lowest BCUT2D eigenvalue weighted by atomic mass is 10.0. The largest absolute Gasteiger partial charge is 0.465 e. The monoisotopic (exact) mass is 443 g/mol. The van der Waals surface area contributed by atoms with Crippen LogP contribution in [0.3, 0.4) is 0 Å². The number of carbonyl (C=O) groups is 3. The van der Waals surface area contributed by atoms with Gasteiger partial charge in [-0.25, -0.2) is 9.59 Å². The van der Waals surface area contributed by atoms with Crippen molar-refractivity contribution in [2.45, 2.75) is 12.8 Å². The van der Waals surface area contributed by atoms with Crippen molar-refractivity contribution in [1.82, 2.24) is 0 Å². The van der Waals surface area contributed by atoms with Gasteiger partial charge in [0.25, 0.3) is 17.3 Å². The quantitative estimate of drug-likeness (QED) is 0.371. The number of benzene rings is 2. The normalized spacial score (nSPS) is 12.5. The Morgan fingerprint density at radius 2 is 1.62 bits per heavy atom. The molecule has 0 saturated carbocycles. The van der Waals surface area contributed by atoms with Gasteiger partial charge in [-0.3, -0.25) is 25.0 Å². The zero-order chi connectivity index (χ0) is 23.4. The summed E-state index contributed by atoms with van der Waals surface area (Å²) in [5.41, 5.74) is 0.0145. The number of nitro benzene ring substituents is 2. The van der Waals surface area contributed by atoms with Crippen LogP contribution in [0.5, 0.6) is 0 Å². The summed E-state index contributed by atoms with van der Waals surface area (Å²) in [4.78, 5) is 58.9. The molecule has 3 rings (SSSR count). The lowest BCUT2D eigenvalue weighted by Crippen LogP contribution is -2.38. The number of methoxy groups -OCH3 is 1. The number of hydrogen-bond acceptors (Lipinski definition) is 9. The number of aryl methyl sites for hydroxylation is 1. The van der Waals surface area contributed by atoms with Crippen molar-refractivity contribution in [2.75, 3.05) is 25.2 Å². The molecule has 166 valence electrons.